The quantitative estimate of drug-likeness (QED) is 0.674. The van der Waals surface area contributed by atoms with Crippen LogP contribution in [0.25, 0.3) is 0 Å². The van der Waals surface area contributed by atoms with Gasteiger partial charge in [-0.15, -0.1) is 0 Å². The Morgan fingerprint density at radius 3 is 2.75 bits per heavy atom. The first-order chi connectivity index (χ1) is 7.90. The van der Waals surface area contributed by atoms with E-state index in [4.69, 9.17) is 4.74 Å². The average molecular weight is 210 g/mol. The van der Waals surface area contributed by atoms with Crippen LogP contribution in [0.2, 0.25) is 0 Å². The topological polar surface area (TPSA) is 35.0 Å². The summed E-state index contributed by atoms with van der Waals surface area (Å²) in [7, 11) is 1.60. The molecule has 0 aromatic carbocycles. The molecule has 0 amide bonds. The van der Waals surface area contributed by atoms with E-state index in [2.05, 4.69) is 21.8 Å². The van der Waals surface area contributed by atoms with Gasteiger partial charge in [0.15, 0.2) is 11.4 Å². The first kappa shape index (κ1) is 10.2. The molecule has 0 saturated heterocycles. The van der Waals surface area contributed by atoms with Crippen molar-refractivity contribution in [1.82, 2.24) is 9.97 Å². The zero-order chi connectivity index (χ0) is 11.2. The minimum Gasteiger partial charge on any atom is -0.494 e. The highest BCUT2D eigenvalue weighted by Gasteiger charge is 1.97. The molecular weight excluding hydrogens is 200 g/mol. The Balaban J connectivity index is 2.31. The molecule has 0 radical (unpaired) electrons. The standard InChI is InChI=1S/C13H10N2O/c1-16-13-5-3-9-15-12(13)7-6-11-4-2-8-14-10-11/h2-5,8-10H,1H3. The zero-order valence-corrected chi connectivity index (χ0v) is 8.84. The van der Waals surface area contributed by atoms with Gasteiger partial charge in [-0.2, -0.15) is 0 Å². The molecule has 0 unspecified atom stereocenters. The molecule has 78 valence electrons. The lowest BCUT2D eigenvalue weighted by Gasteiger charge is -1.99. The van der Waals surface area contributed by atoms with E-state index < -0.39 is 0 Å². The van der Waals surface area contributed by atoms with E-state index in [1.54, 1.807) is 25.7 Å². The third-order valence-corrected chi connectivity index (χ3v) is 1.98. The number of rotatable bonds is 1. The van der Waals surface area contributed by atoms with Gasteiger partial charge in [0.2, 0.25) is 0 Å². The van der Waals surface area contributed by atoms with Crippen molar-refractivity contribution in [3.05, 3.63) is 54.1 Å². The highest BCUT2D eigenvalue weighted by Crippen LogP contribution is 2.12. The molecule has 3 nitrogen and oxygen atoms in total. The van der Waals surface area contributed by atoms with Crippen molar-refractivity contribution in [2.24, 2.45) is 0 Å². The summed E-state index contributed by atoms with van der Waals surface area (Å²) in [6, 6.07) is 7.39. The second-order valence-electron chi connectivity index (χ2n) is 3.05. The van der Waals surface area contributed by atoms with Gasteiger partial charge in [-0.3, -0.25) is 4.98 Å². The Bertz CT molecular complexity index is 526. The summed E-state index contributed by atoms with van der Waals surface area (Å²) in [5.74, 6) is 6.61. The van der Waals surface area contributed by atoms with Crippen LogP contribution >= 0.6 is 0 Å². The number of methoxy groups -OCH3 is 1. The molecule has 16 heavy (non-hydrogen) atoms. The highest BCUT2D eigenvalue weighted by atomic mass is 16.5. The molecule has 3 heteroatoms. The fourth-order valence-electron chi connectivity index (χ4n) is 1.22. The molecule has 2 aromatic heterocycles. The van der Waals surface area contributed by atoms with Gasteiger partial charge in [0.1, 0.15) is 0 Å². The Kier molecular flexibility index (Phi) is 3.15. The number of pyridine rings is 2. The van der Waals surface area contributed by atoms with Crippen molar-refractivity contribution >= 4 is 0 Å². The lowest BCUT2D eigenvalue weighted by atomic mass is 10.2. The molecule has 0 fully saturated rings. The maximum atomic E-state index is 5.15. The van der Waals surface area contributed by atoms with Crippen LogP contribution in [0.3, 0.4) is 0 Å². The molecule has 0 spiro atoms. The smallest absolute Gasteiger partial charge is 0.155 e. The number of ether oxygens (including phenoxy) is 1. The van der Waals surface area contributed by atoms with E-state index in [1.807, 2.05) is 24.3 Å². The fourth-order valence-corrected chi connectivity index (χ4v) is 1.22. The van der Waals surface area contributed by atoms with Crippen LogP contribution in [0.15, 0.2) is 42.9 Å². The van der Waals surface area contributed by atoms with Gasteiger partial charge in [0, 0.05) is 24.2 Å². The number of aromatic nitrogens is 2. The third-order valence-electron chi connectivity index (χ3n) is 1.98. The monoisotopic (exact) mass is 210 g/mol. The van der Waals surface area contributed by atoms with E-state index in [-0.39, 0.29) is 0 Å². The molecule has 0 aliphatic carbocycles. The van der Waals surface area contributed by atoms with Crippen LogP contribution < -0.4 is 4.74 Å². The predicted octanol–water partition coefficient (Wildman–Crippen LogP) is 1.89. The van der Waals surface area contributed by atoms with E-state index in [0.29, 0.717) is 11.4 Å². The Labute approximate surface area is 94.1 Å². The SMILES string of the molecule is COc1cccnc1C#Cc1cccnc1. The lowest BCUT2D eigenvalue weighted by Crippen LogP contribution is -1.90. The van der Waals surface area contributed by atoms with Crippen LogP contribution in [0.5, 0.6) is 5.75 Å². The van der Waals surface area contributed by atoms with Gasteiger partial charge in [-0.05, 0) is 30.2 Å². The van der Waals surface area contributed by atoms with Crippen molar-refractivity contribution in [3.8, 4) is 17.6 Å². The second kappa shape index (κ2) is 4.94. The van der Waals surface area contributed by atoms with E-state index in [9.17, 15) is 0 Å². The minimum atomic E-state index is 0.633. The molecule has 2 aromatic rings. The Morgan fingerprint density at radius 2 is 2.00 bits per heavy atom. The number of hydrogen-bond donors (Lipinski definition) is 0. The van der Waals surface area contributed by atoms with Crippen LogP contribution in [0.4, 0.5) is 0 Å². The van der Waals surface area contributed by atoms with Crippen molar-refractivity contribution in [2.75, 3.05) is 7.11 Å². The van der Waals surface area contributed by atoms with Crippen molar-refractivity contribution in [3.63, 3.8) is 0 Å². The molecule has 0 N–H and O–H groups in total. The summed E-state index contributed by atoms with van der Waals surface area (Å²) >= 11 is 0. The molecule has 0 bridgehead atoms. The van der Waals surface area contributed by atoms with Gasteiger partial charge in [-0.1, -0.05) is 5.92 Å². The maximum absolute atomic E-state index is 5.15. The maximum Gasteiger partial charge on any atom is 0.155 e. The van der Waals surface area contributed by atoms with E-state index in [1.165, 1.54) is 0 Å². The summed E-state index contributed by atoms with van der Waals surface area (Å²) in [6.45, 7) is 0. The third kappa shape index (κ3) is 2.37. The first-order valence-corrected chi connectivity index (χ1v) is 4.81. The number of nitrogens with zero attached hydrogens (tertiary/aromatic N) is 2. The highest BCUT2D eigenvalue weighted by molar-refractivity contribution is 5.44. The van der Waals surface area contributed by atoms with Gasteiger partial charge in [0.05, 0.1) is 7.11 Å². The Morgan fingerprint density at radius 1 is 1.12 bits per heavy atom. The Hall–Kier alpha value is -2.34. The molecular formula is C13H10N2O. The molecule has 0 saturated carbocycles. The molecule has 0 atom stereocenters. The molecule has 2 heterocycles. The molecule has 0 aliphatic rings. The average Bonchev–Trinajstić information content (AvgIpc) is 2.38. The van der Waals surface area contributed by atoms with Crippen LogP contribution in [-0.2, 0) is 0 Å². The summed E-state index contributed by atoms with van der Waals surface area (Å²) in [6.07, 6.45) is 5.12. The summed E-state index contributed by atoms with van der Waals surface area (Å²) in [5, 5.41) is 0. The van der Waals surface area contributed by atoms with Crippen molar-refractivity contribution in [2.45, 2.75) is 0 Å². The fraction of sp³-hybridized carbons (Fsp3) is 0.0769. The van der Waals surface area contributed by atoms with Gasteiger partial charge < -0.3 is 4.74 Å². The number of hydrogen-bond acceptors (Lipinski definition) is 3. The summed E-state index contributed by atoms with van der Waals surface area (Å²) in [5.41, 5.74) is 1.49. The van der Waals surface area contributed by atoms with Crippen LogP contribution in [0, 0.1) is 11.8 Å². The van der Waals surface area contributed by atoms with Crippen molar-refractivity contribution in [1.29, 1.82) is 0 Å². The second-order valence-corrected chi connectivity index (χ2v) is 3.05. The van der Waals surface area contributed by atoms with E-state index >= 15 is 0 Å². The van der Waals surface area contributed by atoms with Gasteiger partial charge in [0.25, 0.3) is 0 Å². The van der Waals surface area contributed by atoms with Gasteiger partial charge in [-0.25, -0.2) is 4.98 Å². The van der Waals surface area contributed by atoms with Crippen LogP contribution in [-0.4, -0.2) is 17.1 Å². The van der Waals surface area contributed by atoms with Gasteiger partial charge >= 0.3 is 0 Å². The largest absolute Gasteiger partial charge is 0.494 e. The lowest BCUT2D eigenvalue weighted by molar-refractivity contribution is 0.411. The first-order valence-electron chi connectivity index (χ1n) is 4.81. The minimum absolute atomic E-state index is 0.633. The van der Waals surface area contributed by atoms with E-state index in [0.717, 1.165) is 5.56 Å². The van der Waals surface area contributed by atoms with Crippen molar-refractivity contribution < 1.29 is 4.74 Å². The zero-order valence-electron chi connectivity index (χ0n) is 8.84. The molecule has 0 aliphatic heterocycles. The van der Waals surface area contributed by atoms with Crippen LogP contribution in [0.1, 0.15) is 11.3 Å². The summed E-state index contributed by atoms with van der Waals surface area (Å²) < 4.78 is 5.15. The normalized spacial score (nSPS) is 9.06. The predicted molar refractivity (Wildman–Crippen MR) is 61.0 cm³/mol. The molecule has 2 rings (SSSR count). The summed E-state index contributed by atoms with van der Waals surface area (Å²) in [4.78, 5) is 8.13.